The number of aromatic nitrogens is 5. The van der Waals surface area contributed by atoms with Crippen LogP contribution in [0, 0.1) is 13.8 Å². The van der Waals surface area contributed by atoms with Crippen molar-refractivity contribution in [2.45, 2.75) is 20.3 Å². The van der Waals surface area contributed by atoms with E-state index in [9.17, 15) is 4.79 Å². The Morgan fingerprint density at radius 2 is 1.69 bits per heavy atom. The summed E-state index contributed by atoms with van der Waals surface area (Å²) in [5, 5.41) is 5.17. The molecule has 0 fully saturated rings. The maximum atomic E-state index is 12.6. The van der Waals surface area contributed by atoms with E-state index in [2.05, 4.69) is 30.9 Å². The number of hydrogen-bond donors (Lipinski definition) is 3. The zero-order valence-electron chi connectivity index (χ0n) is 20.2. The molecule has 0 radical (unpaired) electrons. The number of amides is 1. The van der Waals surface area contributed by atoms with Gasteiger partial charge in [-0.1, -0.05) is 23.7 Å². The van der Waals surface area contributed by atoms with E-state index in [0.29, 0.717) is 22.7 Å². The van der Waals surface area contributed by atoms with Gasteiger partial charge in [0.15, 0.2) is 0 Å². The van der Waals surface area contributed by atoms with E-state index in [1.807, 2.05) is 36.7 Å². The summed E-state index contributed by atoms with van der Waals surface area (Å²) in [5.74, 6) is -0.283. The first kappa shape index (κ1) is 24.7. The number of nitrogen functional groups attached to an aromatic ring is 1. The lowest BCUT2D eigenvalue weighted by molar-refractivity contribution is 0.0962. The van der Waals surface area contributed by atoms with Crippen LogP contribution in [0.2, 0.25) is 5.02 Å². The molecule has 0 aliphatic carbocycles. The molecule has 0 spiro atoms. The van der Waals surface area contributed by atoms with E-state index in [0.717, 1.165) is 28.2 Å². The minimum Gasteiger partial charge on any atom is -0.467 e. The fourth-order valence-corrected chi connectivity index (χ4v) is 3.74. The molecular weight excluding hydrogens is 484 g/mol. The lowest BCUT2D eigenvalue weighted by Crippen LogP contribution is -2.30. The second-order valence-electron chi connectivity index (χ2n) is 7.85. The van der Waals surface area contributed by atoms with Gasteiger partial charge in [-0.15, -0.1) is 4.98 Å². The molecule has 0 bridgehead atoms. The molecule has 0 saturated heterocycles. The molecule has 0 unspecified atom stereocenters. The van der Waals surface area contributed by atoms with Gasteiger partial charge in [0, 0.05) is 23.2 Å². The van der Waals surface area contributed by atoms with Gasteiger partial charge in [-0.05, 0) is 49.7 Å². The predicted octanol–water partition coefficient (Wildman–Crippen LogP) is 3.27. The number of benzene rings is 2. The number of rotatable bonds is 8. The van der Waals surface area contributed by atoms with Crippen molar-refractivity contribution >= 4 is 29.1 Å². The monoisotopic (exact) mass is 508 g/mol. The number of nitrogens with one attached hydrogen (secondary N) is 2. The summed E-state index contributed by atoms with van der Waals surface area (Å²) in [5.41, 5.74) is 16.9. The molecule has 12 heteroatoms. The number of carbonyl (C=O) groups is 1. The fourth-order valence-electron chi connectivity index (χ4n) is 3.57. The van der Waals surface area contributed by atoms with Crippen LogP contribution in [0.25, 0.3) is 5.69 Å². The van der Waals surface area contributed by atoms with Gasteiger partial charge in [-0.2, -0.15) is 15.1 Å². The first-order chi connectivity index (χ1) is 17.3. The van der Waals surface area contributed by atoms with Gasteiger partial charge in [0.25, 0.3) is 11.9 Å². The van der Waals surface area contributed by atoms with Crippen LogP contribution in [0.1, 0.15) is 32.9 Å². The van der Waals surface area contributed by atoms with Crippen LogP contribution in [-0.2, 0) is 6.42 Å². The van der Waals surface area contributed by atoms with E-state index in [1.54, 1.807) is 24.3 Å². The quantitative estimate of drug-likeness (QED) is 0.241. The van der Waals surface area contributed by atoms with Crippen molar-refractivity contribution in [3.05, 3.63) is 75.6 Å². The van der Waals surface area contributed by atoms with E-state index in [1.165, 1.54) is 14.2 Å². The maximum absolute atomic E-state index is 12.6. The molecule has 11 nitrogen and oxygen atoms in total. The molecule has 0 atom stereocenters. The van der Waals surface area contributed by atoms with Crippen molar-refractivity contribution in [1.82, 2.24) is 30.2 Å². The van der Waals surface area contributed by atoms with Gasteiger partial charge in [-0.25, -0.2) is 4.68 Å². The minimum absolute atomic E-state index is 0.0522. The standard InChI is InChI=1S/C24H25ClN8O3/c1-13-18(14(2)33(32-13)17-9-10-20(26)19(25)12-17)11-15-5-7-16(8-6-15)21(34)30-31-22-27-23(35-3)29-24(28-22)36-4/h5-10,12H,11,26H2,1-4H3,(H,30,34)(H,27,28,29,31). The number of anilines is 2. The lowest BCUT2D eigenvalue weighted by Gasteiger charge is -2.09. The summed E-state index contributed by atoms with van der Waals surface area (Å²) in [6.45, 7) is 3.98. The molecular formula is C24H25ClN8O3. The van der Waals surface area contributed by atoms with Crippen LogP contribution >= 0.6 is 11.6 Å². The molecule has 4 aromatic rings. The Morgan fingerprint density at radius 1 is 1.03 bits per heavy atom. The number of hydrazine groups is 1. The molecule has 4 N–H and O–H groups in total. The third-order valence-corrected chi connectivity index (χ3v) is 5.84. The van der Waals surface area contributed by atoms with Crippen LogP contribution in [-0.4, -0.2) is 44.9 Å². The molecule has 0 aliphatic heterocycles. The Kier molecular flexibility index (Phi) is 7.20. The summed E-state index contributed by atoms with van der Waals surface area (Å²) < 4.78 is 11.8. The summed E-state index contributed by atoms with van der Waals surface area (Å²) in [6.07, 6.45) is 0.658. The number of nitrogens with zero attached hydrogens (tertiary/aromatic N) is 5. The summed E-state index contributed by atoms with van der Waals surface area (Å²) in [7, 11) is 2.83. The molecule has 186 valence electrons. The van der Waals surface area contributed by atoms with Crippen molar-refractivity contribution in [2.24, 2.45) is 0 Å². The van der Waals surface area contributed by atoms with Crippen LogP contribution in [0.5, 0.6) is 12.0 Å². The van der Waals surface area contributed by atoms with Crippen molar-refractivity contribution in [3.8, 4) is 17.7 Å². The number of halogens is 1. The molecule has 36 heavy (non-hydrogen) atoms. The van der Waals surface area contributed by atoms with Crippen molar-refractivity contribution in [3.63, 3.8) is 0 Å². The lowest BCUT2D eigenvalue weighted by atomic mass is 10.0. The molecule has 2 aromatic heterocycles. The van der Waals surface area contributed by atoms with Gasteiger partial charge in [-0.3, -0.25) is 15.6 Å². The highest BCUT2D eigenvalue weighted by Gasteiger charge is 2.15. The number of aryl methyl sites for hydroxylation is 1. The first-order valence-electron chi connectivity index (χ1n) is 10.9. The molecule has 4 rings (SSSR count). The zero-order valence-corrected chi connectivity index (χ0v) is 20.9. The third kappa shape index (κ3) is 5.31. The number of ether oxygens (including phenoxy) is 2. The van der Waals surface area contributed by atoms with Crippen molar-refractivity contribution in [2.75, 3.05) is 25.4 Å². The van der Waals surface area contributed by atoms with E-state index in [4.69, 9.17) is 26.8 Å². The highest BCUT2D eigenvalue weighted by Crippen LogP contribution is 2.25. The number of hydrogen-bond acceptors (Lipinski definition) is 9. The van der Waals surface area contributed by atoms with Gasteiger partial charge < -0.3 is 15.2 Å². The van der Waals surface area contributed by atoms with Crippen LogP contribution in [0.15, 0.2) is 42.5 Å². The number of nitrogens with two attached hydrogens (primary N) is 1. The molecule has 0 saturated carbocycles. The highest BCUT2D eigenvalue weighted by molar-refractivity contribution is 6.33. The molecule has 0 aliphatic rings. The Balaban J connectivity index is 1.44. The van der Waals surface area contributed by atoms with E-state index < -0.39 is 0 Å². The molecule has 1 amide bonds. The predicted molar refractivity (Wildman–Crippen MR) is 136 cm³/mol. The maximum Gasteiger partial charge on any atom is 0.324 e. The Labute approximate surface area is 212 Å². The third-order valence-electron chi connectivity index (χ3n) is 5.51. The minimum atomic E-state index is -0.361. The summed E-state index contributed by atoms with van der Waals surface area (Å²) in [6, 6.07) is 12.8. The average molecular weight is 509 g/mol. The van der Waals surface area contributed by atoms with Crippen LogP contribution in [0.3, 0.4) is 0 Å². The number of methoxy groups -OCH3 is 2. The highest BCUT2D eigenvalue weighted by atomic mass is 35.5. The Hall–Kier alpha value is -4.38. The van der Waals surface area contributed by atoms with Gasteiger partial charge in [0.2, 0.25) is 0 Å². The SMILES string of the molecule is COc1nc(NNC(=O)c2ccc(Cc3c(C)nn(-c4ccc(N)c(Cl)c4)c3C)cc2)nc(OC)n1. The second kappa shape index (κ2) is 10.5. The second-order valence-corrected chi connectivity index (χ2v) is 8.26. The van der Waals surface area contributed by atoms with Crippen molar-refractivity contribution in [1.29, 1.82) is 0 Å². The average Bonchev–Trinajstić information content (AvgIpc) is 3.17. The largest absolute Gasteiger partial charge is 0.467 e. The molecule has 2 aromatic carbocycles. The van der Waals surface area contributed by atoms with Gasteiger partial charge >= 0.3 is 12.0 Å². The zero-order chi connectivity index (χ0) is 25.8. The smallest absolute Gasteiger partial charge is 0.324 e. The van der Waals surface area contributed by atoms with Crippen LogP contribution < -0.4 is 26.1 Å². The van der Waals surface area contributed by atoms with E-state index in [-0.39, 0.29) is 23.9 Å². The number of carbonyl (C=O) groups excluding carboxylic acids is 1. The molecule has 2 heterocycles. The fraction of sp³-hybridized carbons (Fsp3) is 0.208. The van der Waals surface area contributed by atoms with Crippen molar-refractivity contribution < 1.29 is 14.3 Å². The van der Waals surface area contributed by atoms with Crippen LogP contribution in [0.4, 0.5) is 11.6 Å². The summed E-state index contributed by atoms with van der Waals surface area (Å²) in [4.78, 5) is 24.5. The van der Waals surface area contributed by atoms with E-state index >= 15 is 0 Å². The summed E-state index contributed by atoms with van der Waals surface area (Å²) >= 11 is 6.19. The topological polar surface area (TPSA) is 142 Å². The van der Waals surface area contributed by atoms with Gasteiger partial charge in [0.05, 0.1) is 36.3 Å². The van der Waals surface area contributed by atoms with Gasteiger partial charge in [0.1, 0.15) is 0 Å². The normalized spacial score (nSPS) is 10.7. The Bertz CT molecular complexity index is 1380. The Morgan fingerprint density at radius 3 is 2.31 bits per heavy atom. The first-order valence-corrected chi connectivity index (χ1v) is 11.3.